The molecule has 0 saturated carbocycles. The third kappa shape index (κ3) is 5.67. The van der Waals surface area contributed by atoms with E-state index in [4.69, 9.17) is 9.15 Å². The number of benzene rings is 1. The summed E-state index contributed by atoms with van der Waals surface area (Å²) in [5.41, 5.74) is -0.491. The van der Waals surface area contributed by atoms with Crippen molar-refractivity contribution in [1.82, 2.24) is 10.2 Å². The number of nitrogens with one attached hydrogen (secondary N) is 1. The van der Waals surface area contributed by atoms with E-state index in [1.807, 2.05) is 0 Å². The Morgan fingerprint density at radius 1 is 1.19 bits per heavy atom. The Kier molecular flexibility index (Phi) is 7.10. The smallest absolute Gasteiger partial charge is 0.349 e. The van der Waals surface area contributed by atoms with E-state index in [-0.39, 0.29) is 44.1 Å². The zero-order chi connectivity index (χ0) is 19.8. The molecule has 0 spiro atoms. The van der Waals surface area contributed by atoms with Crippen LogP contribution in [0.5, 0.6) is 0 Å². The second kappa shape index (κ2) is 9.51. The van der Waals surface area contributed by atoms with Crippen LogP contribution in [0.2, 0.25) is 0 Å². The summed E-state index contributed by atoms with van der Waals surface area (Å²) < 4.78 is 10.1. The van der Waals surface area contributed by atoms with E-state index in [0.29, 0.717) is 11.0 Å². The van der Waals surface area contributed by atoms with Gasteiger partial charge in [0.25, 0.3) is 5.91 Å². The summed E-state index contributed by atoms with van der Waals surface area (Å²) >= 11 is 0. The highest BCUT2D eigenvalue weighted by atomic mass is 16.5. The van der Waals surface area contributed by atoms with Crippen molar-refractivity contribution in [3.8, 4) is 0 Å². The zero-order valence-electron chi connectivity index (χ0n) is 15.3. The Morgan fingerprint density at radius 3 is 2.63 bits per heavy atom. The van der Waals surface area contributed by atoms with Gasteiger partial charge in [-0.05, 0) is 19.1 Å². The van der Waals surface area contributed by atoms with Crippen LogP contribution in [0.25, 0.3) is 11.0 Å². The lowest BCUT2D eigenvalue weighted by molar-refractivity contribution is -0.143. The van der Waals surface area contributed by atoms with Gasteiger partial charge in [0.05, 0.1) is 13.0 Å². The van der Waals surface area contributed by atoms with E-state index in [9.17, 15) is 19.2 Å². The SMILES string of the molecule is CCOC(=O)CCN(CCNC(C)=O)C(=O)c1cc2ccccc2oc1=O. The molecular formula is C19H22N2O6. The van der Waals surface area contributed by atoms with Crippen LogP contribution in [0.1, 0.15) is 30.6 Å². The molecular weight excluding hydrogens is 352 g/mol. The van der Waals surface area contributed by atoms with Gasteiger partial charge in [-0.1, -0.05) is 18.2 Å². The lowest BCUT2D eigenvalue weighted by atomic mass is 10.1. The number of rotatable bonds is 8. The van der Waals surface area contributed by atoms with Gasteiger partial charge in [-0.25, -0.2) is 4.79 Å². The minimum atomic E-state index is -0.751. The molecule has 144 valence electrons. The number of carbonyl (C=O) groups excluding carboxylic acids is 3. The van der Waals surface area contributed by atoms with Crippen molar-refractivity contribution in [2.45, 2.75) is 20.3 Å². The molecule has 2 amide bonds. The number of hydrogen-bond acceptors (Lipinski definition) is 6. The van der Waals surface area contributed by atoms with Crippen LogP contribution in [0.4, 0.5) is 0 Å². The molecule has 0 aliphatic carbocycles. The predicted octanol–water partition coefficient (Wildman–Crippen LogP) is 1.32. The molecule has 1 aromatic carbocycles. The van der Waals surface area contributed by atoms with Crippen LogP contribution in [-0.2, 0) is 14.3 Å². The molecule has 0 aliphatic heterocycles. The molecule has 0 atom stereocenters. The fraction of sp³-hybridized carbons (Fsp3) is 0.368. The first-order chi connectivity index (χ1) is 12.9. The lowest BCUT2D eigenvalue weighted by Crippen LogP contribution is -2.40. The van der Waals surface area contributed by atoms with Crippen molar-refractivity contribution < 1.29 is 23.5 Å². The van der Waals surface area contributed by atoms with Crippen LogP contribution < -0.4 is 10.9 Å². The van der Waals surface area contributed by atoms with Crippen LogP contribution in [-0.4, -0.2) is 48.9 Å². The van der Waals surface area contributed by atoms with Gasteiger partial charge in [-0.15, -0.1) is 0 Å². The lowest BCUT2D eigenvalue weighted by Gasteiger charge is -2.22. The molecule has 0 bridgehead atoms. The third-order valence-corrected chi connectivity index (χ3v) is 3.81. The van der Waals surface area contributed by atoms with E-state index in [1.54, 1.807) is 31.2 Å². The first-order valence-corrected chi connectivity index (χ1v) is 8.64. The molecule has 1 heterocycles. The molecule has 0 unspecified atom stereocenters. The second-order valence-electron chi connectivity index (χ2n) is 5.82. The van der Waals surface area contributed by atoms with Crippen molar-refractivity contribution in [2.24, 2.45) is 0 Å². The molecule has 0 saturated heterocycles. The first kappa shape index (κ1) is 20.2. The molecule has 1 N–H and O–H groups in total. The standard InChI is InChI=1S/C19H22N2O6/c1-3-26-17(23)8-10-21(11-9-20-13(2)22)18(24)15-12-14-6-4-5-7-16(14)27-19(15)25/h4-7,12H,3,8-11H2,1-2H3,(H,20,22). The summed E-state index contributed by atoms with van der Waals surface area (Å²) in [5, 5.41) is 3.21. The Hall–Kier alpha value is -3.16. The summed E-state index contributed by atoms with van der Waals surface area (Å²) in [6, 6.07) is 8.34. The maximum Gasteiger partial charge on any atom is 0.349 e. The molecule has 27 heavy (non-hydrogen) atoms. The number of carbonyl (C=O) groups is 3. The van der Waals surface area contributed by atoms with Gasteiger partial charge in [0.15, 0.2) is 0 Å². The van der Waals surface area contributed by atoms with Gasteiger partial charge in [0, 0.05) is 31.9 Å². The highest BCUT2D eigenvalue weighted by Crippen LogP contribution is 2.14. The number of fused-ring (bicyclic) bond motifs is 1. The van der Waals surface area contributed by atoms with Crippen LogP contribution in [0, 0.1) is 0 Å². The molecule has 2 aromatic rings. The van der Waals surface area contributed by atoms with Crippen LogP contribution >= 0.6 is 0 Å². The summed E-state index contributed by atoms with van der Waals surface area (Å²) in [5.74, 6) is -1.25. The summed E-state index contributed by atoms with van der Waals surface area (Å²) in [4.78, 5) is 49.1. The number of para-hydroxylation sites is 1. The summed E-state index contributed by atoms with van der Waals surface area (Å²) in [6.45, 7) is 3.70. The average molecular weight is 374 g/mol. The molecule has 8 nitrogen and oxygen atoms in total. The fourth-order valence-corrected chi connectivity index (χ4v) is 2.52. The number of nitrogens with zero attached hydrogens (tertiary/aromatic N) is 1. The van der Waals surface area contributed by atoms with E-state index < -0.39 is 17.5 Å². The van der Waals surface area contributed by atoms with Gasteiger partial charge >= 0.3 is 11.6 Å². The second-order valence-corrected chi connectivity index (χ2v) is 5.82. The third-order valence-electron chi connectivity index (χ3n) is 3.81. The Balaban J connectivity index is 2.22. The van der Waals surface area contributed by atoms with Gasteiger partial charge in [0.1, 0.15) is 11.1 Å². The van der Waals surface area contributed by atoms with E-state index in [0.717, 1.165) is 0 Å². The average Bonchev–Trinajstić information content (AvgIpc) is 2.63. The number of amides is 2. The van der Waals surface area contributed by atoms with Crippen molar-refractivity contribution in [2.75, 3.05) is 26.2 Å². The number of ether oxygens (including phenoxy) is 1. The topological polar surface area (TPSA) is 106 Å². The first-order valence-electron chi connectivity index (χ1n) is 8.64. The molecule has 8 heteroatoms. The van der Waals surface area contributed by atoms with Gasteiger partial charge in [0.2, 0.25) is 5.91 Å². The zero-order valence-corrected chi connectivity index (χ0v) is 15.3. The molecule has 0 fully saturated rings. The largest absolute Gasteiger partial charge is 0.466 e. The minimum Gasteiger partial charge on any atom is -0.466 e. The minimum absolute atomic E-state index is 0.0153. The highest BCUT2D eigenvalue weighted by molar-refractivity contribution is 5.96. The van der Waals surface area contributed by atoms with Crippen molar-refractivity contribution in [3.63, 3.8) is 0 Å². The summed E-state index contributed by atoms with van der Waals surface area (Å²) in [7, 11) is 0. The van der Waals surface area contributed by atoms with E-state index in [2.05, 4.69) is 5.32 Å². The predicted molar refractivity (Wildman–Crippen MR) is 98.3 cm³/mol. The highest BCUT2D eigenvalue weighted by Gasteiger charge is 2.21. The molecule has 0 radical (unpaired) electrons. The normalized spacial score (nSPS) is 10.4. The Morgan fingerprint density at radius 2 is 1.93 bits per heavy atom. The summed E-state index contributed by atoms with van der Waals surface area (Å²) in [6.07, 6.45) is -0.0153. The van der Waals surface area contributed by atoms with Crippen molar-refractivity contribution in [1.29, 1.82) is 0 Å². The van der Waals surface area contributed by atoms with Gasteiger partial charge in [-0.2, -0.15) is 0 Å². The molecule has 2 rings (SSSR count). The van der Waals surface area contributed by atoms with Crippen molar-refractivity contribution in [3.05, 3.63) is 46.3 Å². The Bertz CT molecular complexity index is 889. The van der Waals surface area contributed by atoms with Crippen LogP contribution in [0.3, 0.4) is 0 Å². The number of hydrogen-bond donors (Lipinski definition) is 1. The molecule has 0 aliphatic rings. The quantitative estimate of drug-likeness (QED) is 0.552. The Labute approximate surface area is 156 Å². The van der Waals surface area contributed by atoms with E-state index in [1.165, 1.54) is 17.9 Å². The number of esters is 1. The van der Waals surface area contributed by atoms with Gasteiger partial charge < -0.3 is 19.4 Å². The van der Waals surface area contributed by atoms with Crippen LogP contribution in [0.15, 0.2) is 39.5 Å². The monoisotopic (exact) mass is 374 g/mol. The fourth-order valence-electron chi connectivity index (χ4n) is 2.52. The van der Waals surface area contributed by atoms with Gasteiger partial charge in [-0.3, -0.25) is 14.4 Å². The van der Waals surface area contributed by atoms with Crippen molar-refractivity contribution >= 4 is 28.8 Å². The molecule has 1 aromatic heterocycles. The van der Waals surface area contributed by atoms with E-state index >= 15 is 0 Å². The maximum absolute atomic E-state index is 12.9. The maximum atomic E-state index is 12.9.